The van der Waals surface area contributed by atoms with Crippen molar-refractivity contribution in [3.8, 4) is 0 Å². The molecule has 3 rings (SSSR count). The van der Waals surface area contributed by atoms with E-state index in [1.807, 2.05) is 0 Å². The third kappa shape index (κ3) is 6.47. The van der Waals surface area contributed by atoms with Gasteiger partial charge >= 0.3 is 0 Å². The maximum Gasteiger partial charge on any atom is 0.261 e. The first-order valence-electron chi connectivity index (χ1n) is 9.67. The molecule has 1 amide bonds. The smallest absolute Gasteiger partial charge is 0.261 e. The molecule has 0 aliphatic heterocycles. The molecule has 11 heteroatoms. The Balaban J connectivity index is 1.73. The lowest BCUT2D eigenvalue weighted by molar-refractivity contribution is -0.114. The number of hydrogen-bond acceptors (Lipinski definition) is 5. The molecule has 2 N–H and O–H groups in total. The summed E-state index contributed by atoms with van der Waals surface area (Å²) in [6.45, 7) is 1.23. The van der Waals surface area contributed by atoms with Gasteiger partial charge in [0.1, 0.15) is 6.54 Å². The highest BCUT2D eigenvalue weighted by Gasteiger charge is 2.23. The highest BCUT2D eigenvalue weighted by atomic mass is 35.5. The largest absolute Gasteiger partial charge is 0.325 e. The topological polar surface area (TPSA) is 113 Å². The lowest BCUT2D eigenvalue weighted by atomic mass is 10.2. The number of nitrogens with one attached hydrogen (secondary N) is 2. The molecule has 0 aromatic heterocycles. The van der Waals surface area contributed by atoms with Gasteiger partial charge in [0.25, 0.3) is 10.0 Å². The van der Waals surface area contributed by atoms with E-state index in [4.69, 9.17) is 11.6 Å². The SMILES string of the molecule is Cc1cc(Cl)ccc1N(CC(=O)Nc1ccc(S(=O)(=O)Nc2ccccc2)cc1)S(C)(=O)=O. The van der Waals surface area contributed by atoms with Crippen molar-refractivity contribution in [1.29, 1.82) is 0 Å². The molecule has 33 heavy (non-hydrogen) atoms. The second-order valence-electron chi connectivity index (χ2n) is 7.24. The molecule has 0 aliphatic rings. The fourth-order valence-corrected chi connectivity index (χ4v) is 5.25. The van der Waals surface area contributed by atoms with Gasteiger partial charge in [0.05, 0.1) is 16.8 Å². The number of carbonyl (C=O) groups is 1. The zero-order chi connectivity index (χ0) is 24.2. The quantitative estimate of drug-likeness (QED) is 0.481. The predicted molar refractivity (Wildman–Crippen MR) is 131 cm³/mol. The minimum absolute atomic E-state index is 0.0129. The summed E-state index contributed by atoms with van der Waals surface area (Å²) in [6, 6.07) is 18.7. The summed E-state index contributed by atoms with van der Waals surface area (Å²) in [6.07, 6.45) is 1.01. The van der Waals surface area contributed by atoms with E-state index in [9.17, 15) is 21.6 Å². The van der Waals surface area contributed by atoms with E-state index in [1.165, 1.54) is 30.3 Å². The van der Waals surface area contributed by atoms with Crippen LogP contribution in [0.5, 0.6) is 0 Å². The second kappa shape index (κ2) is 9.82. The minimum atomic E-state index is -3.80. The van der Waals surface area contributed by atoms with Gasteiger partial charge in [-0.25, -0.2) is 16.8 Å². The van der Waals surface area contributed by atoms with Gasteiger partial charge in [0.2, 0.25) is 15.9 Å². The first kappa shape index (κ1) is 24.6. The molecule has 0 heterocycles. The van der Waals surface area contributed by atoms with Crippen LogP contribution in [0.15, 0.2) is 77.7 Å². The minimum Gasteiger partial charge on any atom is -0.325 e. The molecule has 0 unspecified atom stereocenters. The summed E-state index contributed by atoms with van der Waals surface area (Å²) in [5, 5.41) is 3.04. The Hall–Kier alpha value is -3.08. The highest BCUT2D eigenvalue weighted by molar-refractivity contribution is 7.92. The van der Waals surface area contributed by atoms with Crippen molar-refractivity contribution in [2.75, 3.05) is 27.1 Å². The van der Waals surface area contributed by atoms with E-state index in [2.05, 4.69) is 10.0 Å². The summed E-state index contributed by atoms with van der Waals surface area (Å²) in [7, 11) is -7.56. The Bertz CT molecular complexity index is 1360. The average Bonchev–Trinajstić information content (AvgIpc) is 2.72. The van der Waals surface area contributed by atoms with Gasteiger partial charge in [-0.05, 0) is 67.1 Å². The Morgan fingerprint density at radius 2 is 1.55 bits per heavy atom. The zero-order valence-electron chi connectivity index (χ0n) is 17.8. The van der Waals surface area contributed by atoms with Gasteiger partial charge in [-0.1, -0.05) is 29.8 Å². The van der Waals surface area contributed by atoms with Gasteiger partial charge in [-0.3, -0.25) is 13.8 Å². The van der Waals surface area contributed by atoms with Gasteiger partial charge in [-0.2, -0.15) is 0 Å². The Kier molecular flexibility index (Phi) is 7.31. The molecule has 0 fully saturated rings. The number of nitrogens with zero attached hydrogens (tertiary/aromatic N) is 1. The van der Waals surface area contributed by atoms with Crippen LogP contribution in [0.2, 0.25) is 5.02 Å². The van der Waals surface area contributed by atoms with Crippen molar-refractivity contribution in [3.63, 3.8) is 0 Å². The van der Waals surface area contributed by atoms with E-state index in [1.54, 1.807) is 49.4 Å². The number of rotatable bonds is 8. The number of anilines is 3. The monoisotopic (exact) mass is 507 g/mol. The van der Waals surface area contributed by atoms with Crippen LogP contribution >= 0.6 is 11.6 Å². The first-order valence-corrected chi connectivity index (χ1v) is 13.4. The van der Waals surface area contributed by atoms with Crippen LogP contribution in [0.1, 0.15) is 5.56 Å². The van der Waals surface area contributed by atoms with Crippen molar-refractivity contribution in [3.05, 3.63) is 83.4 Å². The summed E-state index contributed by atoms with van der Waals surface area (Å²) in [5.74, 6) is -0.590. The van der Waals surface area contributed by atoms with Crippen molar-refractivity contribution in [2.45, 2.75) is 11.8 Å². The molecule has 0 aliphatic carbocycles. The van der Waals surface area contributed by atoms with Crippen molar-refractivity contribution >= 4 is 54.6 Å². The molecule has 0 atom stereocenters. The van der Waals surface area contributed by atoms with Crippen molar-refractivity contribution in [1.82, 2.24) is 0 Å². The third-order valence-corrected chi connectivity index (χ3v) is 7.35. The van der Waals surface area contributed by atoms with Gasteiger partial charge < -0.3 is 5.32 Å². The van der Waals surface area contributed by atoms with Crippen molar-refractivity contribution < 1.29 is 21.6 Å². The van der Waals surface area contributed by atoms with Gasteiger partial charge in [0.15, 0.2) is 0 Å². The van der Waals surface area contributed by atoms with Crippen molar-refractivity contribution in [2.24, 2.45) is 0 Å². The van der Waals surface area contributed by atoms with Crippen LogP contribution in [0.25, 0.3) is 0 Å². The predicted octanol–water partition coefficient (Wildman–Crippen LogP) is 3.85. The maximum absolute atomic E-state index is 12.6. The van der Waals surface area contributed by atoms with E-state index in [0.717, 1.165) is 10.6 Å². The Labute approximate surface area is 198 Å². The van der Waals surface area contributed by atoms with Crippen LogP contribution in [-0.4, -0.2) is 35.5 Å². The third-order valence-electron chi connectivity index (χ3n) is 4.59. The molecule has 3 aromatic rings. The molecule has 3 aromatic carbocycles. The summed E-state index contributed by atoms with van der Waals surface area (Å²) in [4.78, 5) is 12.6. The second-order valence-corrected chi connectivity index (χ2v) is 11.3. The lowest BCUT2D eigenvalue weighted by Crippen LogP contribution is -2.37. The molecule has 174 valence electrons. The maximum atomic E-state index is 12.6. The van der Waals surface area contributed by atoms with Gasteiger partial charge in [-0.15, -0.1) is 0 Å². The number of benzene rings is 3. The number of halogens is 1. The Morgan fingerprint density at radius 1 is 0.909 bits per heavy atom. The molecular weight excluding hydrogens is 486 g/mol. The molecular formula is C22H22ClN3O5S2. The highest BCUT2D eigenvalue weighted by Crippen LogP contribution is 2.26. The fourth-order valence-electron chi connectivity index (χ4n) is 3.05. The molecule has 0 radical (unpaired) electrons. The first-order chi connectivity index (χ1) is 15.5. The van der Waals surface area contributed by atoms with Crippen LogP contribution < -0.4 is 14.3 Å². The molecule has 0 bridgehead atoms. The van der Waals surface area contributed by atoms with E-state index < -0.39 is 32.5 Å². The van der Waals surface area contributed by atoms with Crippen LogP contribution in [0.3, 0.4) is 0 Å². The number of sulfonamides is 2. The number of carbonyl (C=O) groups excluding carboxylic acids is 1. The van der Waals surface area contributed by atoms with Gasteiger partial charge in [0, 0.05) is 16.4 Å². The average molecular weight is 508 g/mol. The normalized spacial score (nSPS) is 11.6. The zero-order valence-corrected chi connectivity index (χ0v) is 20.2. The molecule has 8 nitrogen and oxygen atoms in total. The van der Waals surface area contributed by atoms with E-state index in [0.29, 0.717) is 27.6 Å². The number of amides is 1. The lowest BCUT2D eigenvalue weighted by Gasteiger charge is -2.23. The Morgan fingerprint density at radius 3 is 2.12 bits per heavy atom. The molecule has 0 spiro atoms. The molecule has 0 saturated heterocycles. The molecule has 0 saturated carbocycles. The van der Waals surface area contributed by atoms with Crippen LogP contribution in [0.4, 0.5) is 17.1 Å². The fraction of sp³-hybridized carbons (Fsp3) is 0.136. The summed E-state index contributed by atoms with van der Waals surface area (Å²) in [5.41, 5.74) is 1.68. The number of para-hydroxylation sites is 1. The van der Waals surface area contributed by atoms with Crippen LogP contribution in [-0.2, 0) is 24.8 Å². The summed E-state index contributed by atoms with van der Waals surface area (Å²) < 4.78 is 53.1. The number of aryl methyl sites for hydroxylation is 1. The number of hydrogen-bond donors (Lipinski definition) is 2. The summed E-state index contributed by atoms with van der Waals surface area (Å²) >= 11 is 5.94. The standard InChI is InChI=1S/C22H22ClN3O5S2/c1-16-14-17(23)8-13-21(16)26(32(2,28)29)15-22(27)24-18-9-11-20(12-10-18)33(30,31)25-19-6-4-3-5-7-19/h3-14,25H,15H2,1-2H3,(H,24,27). The van der Waals surface area contributed by atoms with E-state index in [-0.39, 0.29) is 4.90 Å². The van der Waals surface area contributed by atoms with Crippen LogP contribution in [0, 0.1) is 6.92 Å². The van der Waals surface area contributed by atoms with E-state index >= 15 is 0 Å².